The number of aromatic nitrogens is 4. The number of nitrogens with zero attached hydrogens (tertiary/aromatic N) is 4. The molecular weight excluding hydrogens is 258 g/mol. The molecule has 2 fully saturated rings. The second-order valence-corrected chi connectivity index (χ2v) is 6.88. The first-order valence-electron chi connectivity index (χ1n) is 7.26. The maximum Gasteiger partial charge on any atom is 0.234 e. The highest BCUT2D eigenvalue weighted by atomic mass is 32.1. The van der Waals surface area contributed by atoms with E-state index in [1.807, 2.05) is 4.52 Å². The van der Waals surface area contributed by atoms with Crippen LogP contribution in [0.1, 0.15) is 61.7 Å². The number of fused-ring (bicyclic) bond motifs is 1. The molecule has 0 amide bonds. The van der Waals surface area contributed by atoms with Crippen LogP contribution in [0.3, 0.4) is 0 Å². The molecule has 0 spiro atoms. The van der Waals surface area contributed by atoms with Crippen LogP contribution in [0.15, 0.2) is 0 Å². The van der Waals surface area contributed by atoms with Crippen molar-refractivity contribution in [3.63, 3.8) is 0 Å². The largest absolute Gasteiger partial charge is 0.314 e. The fourth-order valence-electron chi connectivity index (χ4n) is 3.09. The molecule has 3 heterocycles. The Bertz CT molecular complexity index is 585. The summed E-state index contributed by atoms with van der Waals surface area (Å²) in [5.74, 6) is 2.28. The molecule has 2 atom stereocenters. The highest BCUT2D eigenvalue weighted by Crippen LogP contribution is 2.37. The third-order valence-corrected chi connectivity index (χ3v) is 5.54. The maximum atomic E-state index is 4.82. The van der Waals surface area contributed by atoms with Crippen molar-refractivity contribution >= 4 is 16.3 Å². The lowest BCUT2D eigenvalue weighted by Crippen LogP contribution is -2.34. The van der Waals surface area contributed by atoms with Crippen molar-refractivity contribution in [1.82, 2.24) is 25.1 Å². The standard InChI is InChI=1S/C13H19N5S/c1-8-7-10(5-6-14-8)12-17-18-11(9-3-2-4-9)15-16-13(18)19-12/h8-10,14H,2-7H2,1H3. The molecule has 6 heteroatoms. The minimum Gasteiger partial charge on any atom is -0.314 e. The minimum absolute atomic E-state index is 0.594. The predicted octanol–water partition coefficient (Wildman–Crippen LogP) is 2.31. The molecule has 102 valence electrons. The van der Waals surface area contributed by atoms with Gasteiger partial charge >= 0.3 is 0 Å². The van der Waals surface area contributed by atoms with Gasteiger partial charge in [0.1, 0.15) is 5.01 Å². The number of nitrogens with one attached hydrogen (secondary N) is 1. The van der Waals surface area contributed by atoms with Gasteiger partial charge in [0.25, 0.3) is 0 Å². The van der Waals surface area contributed by atoms with Gasteiger partial charge in [-0.15, -0.1) is 10.2 Å². The summed E-state index contributed by atoms with van der Waals surface area (Å²) in [5.41, 5.74) is 0. The fraction of sp³-hybridized carbons (Fsp3) is 0.769. The zero-order valence-corrected chi connectivity index (χ0v) is 12.0. The molecule has 5 nitrogen and oxygen atoms in total. The molecule has 2 aliphatic rings. The van der Waals surface area contributed by atoms with E-state index in [4.69, 9.17) is 5.10 Å². The molecule has 1 saturated carbocycles. The van der Waals surface area contributed by atoms with Gasteiger partial charge in [-0.1, -0.05) is 17.8 Å². The molecule has 4 rings (SSSR count). The third kappa shape index (κ3) is 1.97. The average Bonchev–Trinajstić information content (AvgIpc) is 2.89. The Morgan fingerprint density at radius 2 is 2.11 bits per heavy atom. The second-order valence-electron chi connectivity index (χ2n) is 5.90. The molecule has 1 aliphatic heterocycles. The van der Waals surface area contributed by atoms with Crippen LogP contribution in [0, 0.1) is 0 Å². The highest BCUT2D eigenvalue weighted by molar-refractivity contribution is 7.16. The van der Waals surface area contributed by atoms with Gasteiger partial charge in [0.15, 0.2) is 5.82 Å². The van der Waals surface area contributed by atoms with Gasteiger partial charge in [-0.05, 0) is 39.2 Å². The number of hydrogen-bond acceptors (Lipinski definition) is 5. The summed E-state index contributed by atoms with van der Waals surface area (Å²) in [6.45, 7) is 3.35. The van der Waals surface area contributed by atoms with E-state index in [9.17, 15) is 0 Å². The summed E-state index contributed by atoms with van der Waals surface area (Å²) < 4.78 is 2.01. The van der Waals surface area contributed by atoms with E-state index >= 15 is 0 Å². The van der Waals surface area contributed by atoms with Gasteiger partial charge < -0.3 is 5.32 Å². The molecule has 1 N–H and O–H groups in total. The first kappa shape index (κ1) is 11.8. The summed E-state index contributed by atoms with van der Waals surface area (Å²) in [6, 6.07) is 0.596. The van der Waals surface area contributed by atoms with Gasteiger partial charge in [0.2, 0.25) is 4.96 Å². The van der Waals surface area contributed by atoms with Crippen LogP contribution in [0.4, 0.5) is 0 Å². The summed E-state index contributed by atoms with van der Waals surface area (Å²) >= 11 is 1.73. The summed E-state index contributed by atoms with van der Waals surface area (Å²) in [6.07, 6.45) is 6.19. The van der Waals surface area contributed by atoms with Crippen LogP contribution in [-0.2, 0) is 0 Å². The predicted molar refractivity (Wildman–Crippen MR) is 74.7 cm³/mol. The molecule has 1 aliphatic carbocycles. The molecule has 2 unspecified atom stereocenters. The van der Waals surface area contributed by atoms with E-state index in [1.165, 1.54) is 37.1 Å². The minimum atomic E-state index is 0.594. The first-order valence-corrected chi connectivity index (χ1v) is 8.08. The zero-order chi connectivity index (χ0) is 12.8. The van der Waals surface area contributed by atoms with Gasteiger partial charge in [-0.3, -0.25) is 0 Å². The second kappa shape index (κ2) is 4.52. The fourth-order valence-corrected chi connectivity index (χ4v) is 4.08. The van der Waals surface area contributed by atoms with E-state index in [0.29, 0.717) is 17.9 Å². The van der Waals surface area contributed by atoms with Crippen molar-refractivity contribution in [2.24, 2.45) is 0 Å². The van der Waals surface area contributed by atoms with Gasteiger partial charge in [0.05, 0.1) is 0 Å². The highest BCUT2D eigenvalue weighted by Gasteiger charge is 2.28. The molecule has 0 aromatic carbocycles. The number of hydrogen-bond donors (Lipinski definition) is 1. The molecule has 0 bridgehead atoms. The van der Waals surface area contributed by atoms with Crippen molar-refractivity contribution in [2.45, 2.75) is 56.9 Å². The van der Waals surface area contributed by atoms with Crippen LogP contribution in [-0.4, -0.2) is 32.4 Å². The van der Waals surface area contributed by atoms with E-state index in [-0.39, 0.29) is 0 Å². The Hall–Kier alpha value is -1.01. The van der Waals surface area contributed by atoms with Crippen molar-refractivity contribution < 1.29 is 0 Å². The Kier molecular flexibility index (Phi) is 2.81. The zero-order valence-electron chi connectivity index (χ0n) is 11.2. The third-order valence-electron chi connectivity index (χ3n) is 4.47. The van der Waals surface area contributed by atoms with Crippen molar-refractivity contribution in [3.8, 4) is 0 Å². The van der Waals surface area contributed by atoms with Crippen LogP contribution in [0.5, 0.6) is 0 Å². The summed E-state index contributed by atoms with van der Waals surface area (Å²) in [4.78, 5) is 0.975. The van der Waals surface area contributed by atoms with E-state index < -0.39 is 0 Å². The number of rotatable bonds is 2. The monoisotopic (exact) mass is 277 g/mol. The van der Waals surface area contributed by atoms with Crippen LogP contribution < -0.4 is 5.32 Å². The smallest absolute Gasteiger partial charge is 0.234 e. The average molecular weight is 277 g/mol. The van der Waals surface area contributed by atoms with E-state index in [2.05, 4.69) is 22.4 Å². The Labute approximate surface area is 116 Å². The summed E-state index contributed by atoms with van der Waals surface area (Å²) in [5, 5.41) is 18.2. The Morgan fingerprint density at radius 3 is 2.84 bits per heavy atom. The van der Waals surface area contributed by atoms with Crippen molar-refractivity contribution in [1.29, 1.82) is 0 Å². The van der Waals surface area contributed by atoms with Gasteiger partial charge in [0, 0.05) is 17.9 Å². The molecule has 1 saturated heterocycles. The topological polar surface area (TPSA) is 55.1 Å². The van der Waals surface area contributed by atoms with Crippen molar-refractivity contribution in [2.75, 3.05) is 6.54 Å². The molecule has 19 heavy (non-hydrogen) atoms. The molecular formula is C13H19N5S. The normalized spacial score (nSPS) is 28.7. The molecule has 0 radical (unpaired) electrons. The maximum absolute atomic E-state index is 4.82. The van der Waals surface area contributed by atoms with Gasteiger partial charge in [-0.2, -0.15) is 9.61 Å². The van der Waals surface area contributed by atoms with Crippen LogP contribution >= 0.6 is 11.3 Å². The number of piperidine rings is 1. The first-order chi connectivity index (χ1) is 9.31. The quantitative estimate of drug-likeness (QED) is 0.915. The molecule has 2 aromatic rings. The lowest BCUT2D eigenvalue weighted by atomic mass is 9.85. The Morgan fingerprint density at radius 1 is 1.21 bits per heavy atom. The molecule has 2 aromatic heterocycles. The Balaban J connectivity index is 1.65. The van der Waals surface area contributed by atoms with E-state index in [1.54, 1.807) is 11.3 Å². The van der Waals surface area contributed by atoms with Gasteiger partial charge in [-0.25, -0.2) is 0 Å². The summed E-state index contributed by atoms with van der Waals surface area (Å²) in [7, 11) is 0. The van der Waals surface area contributed by atoms with E-state index in [0.717, 1.165) is 17.3 Å². The lowest BCUT2D eigenvalue weighted by molar-refractivity contribution is 0.375. The SMILES string of the molecule is CC1CC(c2nn3c(C4CCC4)nnc3s2)CCN1. The van der Waals surface area contributed by atoms with Crippen LogP contribution in [0.2, 0.25) is 0 Å². The van der Waals surface area contributed by atoms with Crippen molar-refractivity contribution in [3.05, 3.63) is 10.8 Å². The van der Waals surface area contributed by atoms with Crippen LogP contribution in [0.25, 0.3) is 4.96 Å². The lowest BCUT2D eigenvalue weighted by Gasteiger charge is -2.26.